The van der Waals surface area contributed by atoms with Gasteiger partial charge in [0.2, 0.25) is 5.82 Å². The monoisotopic (exact) mass is 514 g/mol. The van der Waals surface area contributed by atoms with E-state index >= 15 is 0 Å². The van der Waals surface area contributed by atoms with Gasteiger partial charge in [0.1, 0.15) is 6.10 Å². The minimum absolute atomic E-state index is 0.0360. The number of carbonyl (C=O) groups is 2. The molecule has 0 unspecified atom stereocenters. The van der Waals surface area contributed by atoms with Crippen molar-refractivity contribution in [1.29, 1.82) is 0 Å². The van der Waals surface area contributed by atoms with E-state index < -0.39 is 58.9 Å². The van der Waals surface area contributed by atoms with Gasteiger partial charge in [0.15, 0.2) is 22.9 Å². The fraction of sp³-hybridized carbons (Fsp3) is 0.364. The standard InChI is InChI=1S/C22H19F5N4O5/c1-8-13(10-4-5-12(23)14(24)16(10)34-3)17(35-21(8,2)22(25,26)27)19(33)30-9-6-11-15(18(28)32)31-36-20(11)29-7-9/h4-8,13,17H,1-3H3,(H2,28,32)(H,30,33)/t8-,13-,17+,21+/m0/s1. The van der Waals surface area contributed by atoms with Crippen LogP contribution in [0.15, 0.2) is 28.9 Å². The lowest BCUT2D eigenvalue weighted by molar-refractivity contribution is -0.272. The molecule has 0 saturated carbocycles. The number of fused-ring (bicyclic) bond motifs is 1. The first-order valence-corrected chi connectivity index (χ1v) is 10.4. The summed E-state index contributed by atoms with van der Waals surface area (Å²) >= 11 is 0. The summed E-state index contributed by atoms with van der Waals surface area (Å²) in [6, 6.07) is 3.02. The Bertz CT molecular complexity index is 1360. The van der Waals surface area contributed by atoms with Gasteiger partial charge in [-0.25, -0.2) is 9.37 Å². The molecule has 0 spiro atoms. The second kappa shape index (κ2) is 8.69. The fourth-order valence-corrected chi connectivity index (χ4v) is 4.33. The Morgan fingerprint density at radius 1 is 1.25 bits per heavy atom. The number of nitrogens with one attached hydrogen (secondary N) is 1. The molecular formula is C22H19F5N4O5. The number of hydrogen-bond acceptors (Lipinski definition) is 7. The Balaban J connectivity index is 1.77. The highest BCUT2D eigenvalue weighted by Crippen LogP contribution is 2.55. The second-order valence-electron chi connectivity index (χ2n) is 8.40. The fourth-order valence-electron chi connectivity index (χ4n) is 4.33. The quantitative estimate of drug-likeness (QED) is 0.497. The molecule has 2 amide bonds. The van der Waals surface area contributed by atoms with Gasteiger partial charge in [0.05, 0.1) is 24.4 Å². The average molecular weight is 514 g/mol. The molecule has 4 atom stereocenters. The van der Waals surface area contributed by atoms with Crippen LogP contribution in [0.3, 0.4) is 0 Å². The van der Waals surface area contributed by atoms with Crippen LogP contribution in [-0.2, 0) is 9.53 Å². The third kappa shape index (κ3) is 3.90. The molecule has 2 aromatic heterocycles. The number of ether oxygens (including phenoxy) is 2. The molecule has 1 aliphatic heterocycles. The van der Waals surface area contributed by atoms with E-state index in [1.54, 1.807) is 0 Å². The van der Waals surface area contributed by atoms with Gasteiger partial charge in [0, 0.05) is 17.4 Å². The van der Waals surface area contributed by atoms with Gasteiger partial charge >= 0.3 is 6.18 Å². The lowest BCUT2D eigenvalue weighted by atomic mass is 9.77. The summed E-state index contributed by atoms with van der Waals surface area (Å²) in [6.07, 6.45) is -5.60. The number of nitrogens with two attached hydrogens (primary N) is 1. The van der Waals surface area contributed by atoms with Crippen molar-refractivity contribution in [2.75, 3.05) is 12.4 Å². The van der Waals surface area contributed by atoms with Crippen molar-refractivity contribution < 1.29 is 45.5 Å². The molecule has 3 aromatic rings. The van der Waals surface area contributed by atoms with Gasteiger partial charge in [-0.1, -0.05) is 18.1 Å². The highest BCUT2D eigenvalue weighted by Gasteiger charge is 2.65. The molecule has 1 aromatic carbocycles. The lowest BCUT2D eigenvalue weighted by Gasteiger charge is -2.32. The molecule has 1 saturated heterocycles. The first-order valence-electron chi connectivity index (χ1n) is 10.4. The van der Waals surface area contributed by atoms with E-state index in [1.165, 1.54) is 13.0 Å². The van der Waals surface area contributed by atoms with E-state index in [4.69, 9.17) is 19.7 Å². The molecular weight excluding hydrogens is 495 g/mol. The number of methoxy groups -OCH3 is 1. The zero-order chi connectivity index (χ0) is 26.6. The maximum atomic E-state index is 14.4. The van der Waals surface area contributed by atoms with Crippen LogP contribution in [0.2, 0.25) is 0 Å². The number of rotatable bonds is 5. The summed E-state index contributed by atoms with van der Waals surface area (Å²) in [4.78, 5) is 28.6. The number of hydrogen-bond donors (Lipinski definition) is 2. The first-order chi connectivity index (χ1) is 16.8. The SMILES string of the molecule is COc1c([C@H]2[C@H](C(=O)Nc3cnc4onc(C(N)=O)c4c3)O[C@@](C)(C(F)(F)F)[C@H]2C)ccc(F)c1F. The van der Waals surface area contributed by atoms with Crippen molar-refractivity contribution >= 4 is 28.6 Å². The van der Waals surface area contributed by atoms with Gasteiger partial charge in [-0.3, -0.25) is 9.59 Å². The Morgan fingerprint density at radius 3 is 2.56 bits per heavy atom. The summed E-state index contributed by atoms with van der Waals surface area (Å²) in [5.41, 5.74) is 1.85. The number of amides is 2. The molecule has 0 aliphatic carbocycles. The number of nitrogens with zero attached hydrogens (tertiary/aromatic N) is 2. The minimum Gasteiger partial charge on any atom is -0.493 e. The number of primary amides is 1. The number of aromatic nitrogens is 2. The van der Waals surface area contributed by atoms with E-state index in [9.17, 15) is 31.5 Å². The van der Waals surface area contributed by atoms with Crippen LogP contribution in [0.1, 0.15) is 35.8 Å². The lowest BCUT2D eigenvalue weighted by Crippen LogP contribution is -2.47. The molecule has 0 radical (unpaired) electrons. The highest BCUT2D eigenvalue weighted by atomic mass is 19.4. The van der Waals surface area contributed by atoms with Gasteiger partial charge in [-0.05, 0) is 19.1 Å². The van der Waals surface area contributed by atoms with Crippen LogP contribution in [0, 0.1) is 17.6 Å². The molecule has 192 valence electrons. The topological polar surface area (TPSA) is 130 Å². The minimum atomic E-state index is -4.91. The van der Waals surface area contributed by atoms with Crippen molar-refractivity contribution in [2.24, 2.45) is 11.7 Å². The van der Waals surface area contributed by atoms with Crippen molar-refractivity contribution in [2.45, 2.75) is 37.6 Å². The second-order valence-corrected chi connectivity index (χ2v) is 8.40. The van der Waals surface area contributed by atoms with E-state index in [1.807, 2.05) is 0 Å². The molecule has 0 bridgehead atoms. The molecule has 1 aliphatic rings. The summed E-state index contributed by atoms with van der Waals surface area (Å²) in [6.45, 7) is 1.96. The van der Waals surface area contributed by atoms with Crippen LogP contribution in [0.5, 0.6) is 5.75 Å². The van der Waals surface area contributed by atoms with E-state index in [2.05, 4.69) is 15.5 Å². The Kier molecular flexibility index (Phi) is 6.11. The van der Waals surface area contributed by atoms with Gasteiger partial charge in [-0.15, -0.1) is 0 Å². The predicted octanol–water partition coefficient (Wildman–Crippen LogP) is 3.69. The van der Waals surface area contributed by atoms with E-state index in [-0.39, 0.29) is 28.0 Å². The smallest absolute Gasteiger partial charge is 0.417 e. The number of alkyl halides is 3. The largest absolute Gasteiger partial charge is 0.493 e. The Labute approximate surface area is 199 Å². The molecule has 3 heterocycles. The van der Waals surface area contributed by atoms with E-state index in [0.717, 1.165) is 32.4 Å². The Hall–Kier alpha value is -3.81. The molecule has 3 N–H and O–H groups in total. The number of pyridine rings is 1. The first kappa shape index (κ1) is 25.3. The molecule has 1 fully saturated rings. The Morgan fingerprint density at radius 2 is 1.94 bits per heavy atom. The maximum absolute atomic E-state index is 14.4. The zero-order valence-corrected chi connectivity index (χ0v) is 18.9. The van der Waals surface area contributed by atoms with Crippen molar-refractivity contribution in [3.63, 3.8) is 0 Å². The third-order valence-electron chi connectivity index (χ3n) is 6.40. The van der Waals surface area contributed by atoms with Crippen LogP contribution < -0.4 is 15.8 Å². The van der Waals surface area contributed by atoms with Crippen LogP contribution in [0.4, 0.5) is 27.6 Å². The van der Waals surface area contributed by atoms with E-state index in [0.29, 0.717) is 0 Å². The average Bonchev–Trinajstić information content (AvgIpc) is 3.35. The van der Waals surface area contributed by atoms with Crippen LogP contribution in [-0.4, -0.2) is 46.9 Å². The summed E-state index contributed by atoms with van der Waals surface area (Å²) in [5.74, 6) is -8.12. The van der Waals surface area contributed by atoms with Gasteiger partial charge in [-0.2, -0.15) is 17.6 Å². The number of benzene rings is 1. The van der Waals surface area contributed by atoms with Crippen LogP contribution >= 0.6 is 0 Å². The number of carbonyl (C=O) groups excluding carboxylic acids is 2. The van der Waals surface area contributed by atoms with Gasteiger partial charge in [0.25, 0.3) is 17.5 Å². The van der Waals surface area contributed by atoms with Crippen molar-refractivity contribution in [3.05, 3.63) is 47.3 Å². The van der Waals surface area contributed by atoms with Gasteiger partial charge < -0.3 is 25.0 Å². The molecule has 36 heavy (non-hydrogen) atoms. The zero-order valence-electron chi connectivity index (χ0n) is 18.9. The number of halogens is 5. The van der Waals surface area contributed by atoms with Crippen LogP contribution in [0.25, 0.3) is 11.1 Å². The summed E-state index contributed by atoms with van der Waals surface area (Å²) < 4.78 is 85.5. The molecule has 14 heteroatoms. The maximum Gasteiger partial charge on any atom is 0.417 e. The van der Waals surface area contributed by atoms with Crippen molar-refractivity contribution in [1.82, 2.24) is 10.1 Å². The molecule has 9 nitrogen and oxygen atoms in total. The highest BCUT2D eigenvalue weighted by molar-refractivity contribution is 6.04. The van der Waals surface area contributed by atoms with Crippen molar-refractivity contribution in [3.8, 4) is 5.75 Å². The molecule has 4 rings (SSSR count). The third-order valence-corrected chi connectivity index (χ3v) is 6.40. The number of anilines is 1. The normalized spacial score (nSPS) is 24.2. The summed E-state index contributed by atoms with van der Waals surface area (Å²) in [7, 11) is 1.02. The predicted molar refractivity (Wildman–Crippen MR) is 113 cm³/mol. The summed E-state index contributed by atoms with van der Waals surface area (Å²) in [5, 5.41) is 5.92.